The summed E-state index contributed by atoms with van der Waals surface area (Å²) in [5, 5.41) is 23.5. The summed E-state index contributed by atoms with van der Waals surface area (Å²) in [6.45, 7) is 0.476. The van der Waals surface area contributed by atoms with Crippen LogP contribution < -0.4 is 4.74 Å². The van der Waals surface area contributed by atoms with E-state index in [2.05, 4.69) is 32.3 Å². The van der Waals surface area contributed by atoms with Crippen LogP contribution in [0.15, 0.2) is 34.8 Å². The molecule has 0 amide bonds. The van der Waals surface area contributed by atoms with Crippen LogP contribution >= 0.6 is 23.1 Å². The van der Waals surface area contributed by atoms with Crippen LogP contribution in [0.1, 0.15) is 60.0 Å². The standard InChI is InChI=1S/C22H24N4O4S2/c27-26(28)18-9-15-12-29-14-30-21(15)16(10-18)13-32-22-24-23-20(11-19-7-4-8-31-19)25(22)17-5-2-1-3-6-17/h4,7-10,17H,1-3,5-6,11-14H2. The topological polar surface area (TPSA) is 92.3 Å². The zero-order chi connectivity index (χ0) is 21.9. The maximum absolute atomic E-state index is 11.4. The first-order chi connectivity index (χ1) is 15.7. The van der Waals surface area contributed by atoms with Crippen molar-refractivity contribution < 1.29 is 14.4 Å². The minimum atomic E-state index is -0.368. The smallest absolute Gasteiger partial charge is 0.270 e. The first-order valence-electron chi connectivity index (χ1n) is 10.8. The SMILES string of the molecule is O=[N+]([O-])c1cc2c(c(CSc3nnc(Cc4cccs4)n3C3CCCCC3)c1)OCOC2. The molecule has 168 valence electrons. The summed E-state index contributed by atoms with van der Waals surface area (Å²) in [5.74, 6) is 2.21. The van der Waals surface area contributed by atoms with Gasteiger partial charge in [0.05, 0.1) is 11.5 Å². The number of thiophene rings is 1. The number of aromatic nitrogens is 3. The molecule has 5 rings (SSSR count). The summed E-state index contributed by atoms with van der Waals surface area (Å²) in [5.41, 5.74) is 1.56. The second-order valence-electron chi connectivity index (χ2n) is 8.07. The van der Waals surface area contributed by atoms with Crippen molar-refractivity contribution in [2.45, 2.75) is 62.1 Å². The van der Waals surface area contributed by atoms with E-state index >= 15 is 0 Å². The van der Waals surface area contributed by atoms with Crippen molar-refractivity contribution in [1.82, 2.24) is 14.8 Å². The van der Waals surface area contributed by atoms with E-state index in [1.54, 1.807) is 29.2 Å². The van der Waals surface area contributed by atoms with Crippen molar-refractivity contribution in [3.8, 4) is 5.75 Å². The lowest BCUT2D eigenvalue weighted by Crippen LogP contribution is -2.17. The minimum absolute atomic E-state index is 0.0561. The Morgan fingerprint density at radius 2 is 2.12 bits per heavy atom. The number of nitro groups is 1. The predicted molar refractivity (Wildman–Crippen MR) is 122 cm³/mol. The Hall–Kier alpha value is -2.43. The zero-order valence-electron chi connectivity index (χ0n) is 17.6. The first kappa shape index (κ1) is 21.4. The highest BCUT2D eigenvalue weighted by Crippen LogP contribution is 2.38. The molecular weight excluding hydrogens is 448 g/mol. The third kappa shape index (κ3) is 4.53. The molecule has 3 aromatic rings. The van der Waals surface area contributed by atoms with Gasteiger partial charge in [0.2, 0.25) is 0 Å². The Kier molecular flexibility index (Phi) is 6.42. The normalized spacial score (nSPS) is 16.5. The summed E-state index contributed by atoms with van der Waals surface area (Å²) in [7, 11) is 0. The summed E-state index contributed by atoms with van der Waals surface area (Å²) in [6, 6.07) is 7.73. The number of hydrogen-bond donors (Lipinski definition) is 0. The van der Waals surface area contributed by atoms with Gasteiger partial charge in [-0.1, -0.05) is 37.1 Å². The van der Waals surface area contributed by atoms with Gasteiger partial charge in [0.15, 0.2) is 11.9 Å². The molecule has 3 heterocycles. The number of thioether (sulfide) groups is 1. The number of ether oxygens (including phenoxy) is 2. The molecule has 0 spiro atoms. The number of benzene rings is 1. The molecule has 1 aliphatic heterocycles. The number of nitro benzene ring substituents is 1. The number of nitrogens with zero attached hydrogens (tertiary/aromatic N) is 4. The van der Waals surface area contributed by atoms with Crippen molar-refractivity contribution in [3.63, 3.8) is 0 Å². The Morgan fingerprint density at radius 1 is 1.25 bits per heavy atom. The van der Waals surface area contributed by atoms with Gasteiger partial charge in [-0.2, -0.15) is 0 Å². The van der Waals surface area contributed by atoms with Gasteiger partial charge in [0, 0.05) is 46.4 Å². The zero-order valence-corrected chi connectivity index (χ0v) is 19.2. The molecule has 10 heteroatoms. The average Bonchev–Trinajstić information content (AvgIpc) is 3.48. The fraction of sp³-hybridized carbons (Fsp3) is 0.455. The van der Waals surface area contributed by atoms with E-state index in [1.807, 2.05) is 0 Å². The van der Waals surface area contributed by atoms with Crippen molar-refractivity contribution in [2.75, 3.05) is 6.79 Å². The Labute approximate surface area is 194 Å². The molecule has 32 heavy (non-hydrogen) atoms. The highest BCUT2D eigenvalue weighted by molar-refractivity contribution is 7.98. The molecule has 0 unspecified atom stereocenters. The molecule has 2 aromatic heterocycles. The fourth-order valence-corrected chi connectivity index (χ4v) is 6.13. The van der Waals surface area contributed by atoms with E-state index < -0.39 is 0 Å². The number of fused-ring (bicyclic) bond motifs is 1. The minimum Gasteiger partial charge on any atom is -0.467 e. The largest absolute Gasteiger partial charge is 0.467 e. The summed E-state index contributed by atoms with van der Waals surface area (Å²) in [6.07, 6.45) is 6.76. The third-order valence-electron chi connectivity index (χ3n) is 5.93. The van der Waals surface area contributed by atoms with Gasteiger partial charge in [0.25, 0.3) is 5.69 Å². The lowest BCUT2D eigenvalue weighted by molar-refractivity contribution is -0.385. The van der Waals surface area contributed by atoms with Crippen molar-refractivity contribution in [3.05, 3.63) is 61.6 Å². The monoisotopic (exact) mass is 472 g/mol. The molecule has 2 aliphatic rings. The average molecular weight is 473 g/mol. The van der Waals surface area contributed by atoms with E-state index in [1.165, 1.54) is 30.2 Å². The fourth-order valence-electron chi connectivity index (χ4n) is 4.44. The maximum atomic E-state index is 11.4. The van der Waals surface area contributed by atoms with E-state index in [4.69, 9.17) is 9.47 Å². The van der Waals surface area contributed by atoms with Crippen LogP contribution in [0.2, 0.25) is 0 Å². The van der Waals surface area contributed by atoms with Gasteiger partial charge in [0.1, 0.15) is 11.6 Å². The number of hydrogen-bond acceptors (Lipinski definition) is 8. The molecule has 1 saturated carbocycles. The predicted octanol–water partition coefficient (Wildman–Crippen LogP) is 5.50. The molecular formula is C22H24N4O4S2. The highest BCUT2D eigenvalue weighted by Gasteiger charge is 2.25. The quantitative estimate of drug-likeness (QED) is 0.255. The summed E-state index contributed by atoms with van der Waals surface area (Å²) in [4.78, 5) is 12.3. The van der Waals surface area contributed by atoms with Gasteiger partial charge in [-0.3, -0.25) is 10.1 Å². The van der Waals surface area contributed by atoms with Crippen LogP contribution in [0.3, 0.4) is 0 Å². The van der Waals surface area contributed by atoms with Gasteiger partial charge in [-0.05, 0) is 24.3 Å². The summed E-state index contributed by atoms with van der Waals surface area (Å²) < 4.78 is 13.3. The van der Waals surface area contributed by atoms with Crippen molar-refractivity contribution in [2.24, 2.45) is 0 Å². The lowest BCUT2D eigenvalue weighted by Gasteiger charge is -2.25. The van der Waals surface area contributed by atoms with E-state index in [0.29, 0.717) is 29.7 Å². The third-order valence-corrected chi connectivity index (χ3v) is 7.79. The van der Waals surface area contributed by atoms with E-state index in [-0.39, 0.29) is 17.4 Å². The van der Waals surface area contributed by atoms with Gasteiger partial charge in [-0.15, -0.1) is 21.5 Å². The molecule has 0 N–H and O–H groups in total. The molecule has 8 nitrogen and oxygen atoms in total. The number of rotatable bonds is 7. The molecule has 1 aromatic carbocycles. The maximum Gasteiger partial charge on any atom is 0.270 e. The van der Waals surface area contributed by atoms with Crippen LogP contribution in [0, 0.1) is 10.1 Å². The Balaban J connectivity index is 1.43. The van der Waals surface area contributed by atoms with E-state index in [0.717, 1.165) is 35.8 Å². The van der Waals surface area contributed by atoms with Crippen LogP contribution in [0.5, 0.6) is 5.75 Å². The lowest BCUT2D eigenvalue weighted by atomic mass is 9.95. The van der Waals surface area contributed by atoms with Crippen LogP contribution in [-0.4, -0.2) is 26.5 Å². The Morgan fingerprint density at radius 3 is 2.91 bits per heavy atom. The molecule has 0 bridgehead atoms. The number of non-ortho nitro benzene ring substituents is 1. The van der Waals surface area contributed by atoms with Crippen LogP contribution in [-0.2, 0) is 23.5 Å². The molecule has 0 saturated heterocycles. The van der Waals surface area contributed by atoms with E-state index in [9.17, 15) is 10.1 Å². The van der Waals surface area contributed by atoms with Gasteiger partial charge in [-0.25, -0.2) is 0 Å². The molecule has 1 fully saturated rings. The molecule has 0 radical (unpaired) electrons. The van der Waals surface area contributed by atoms with Crippen molar-refractivity contribution in [1.29, 1.82) is 0 Å². The second kappa shape index (κ2) is 9.60. The highest BCUT2D eigenvalue weighted by atomic mass is 32.2. The van der Waals surface area contributed by atoms with Crippen molar-refractivity contribution >= 4 is 28.8 Å². The first-order valence-corrected chi connectivity index (χ1v) is 12.7. The van der Waals surface area contributed by atoms with Gasteiger partial charge < -0.3 is 14.0 Å². The van der Waals surface area contributed by atoms with Crippen LogP contribution in [0.4, 0.5) is 5.69 Å². The molecule has 1 aliphatic carbocycles. The Bertz CT molecular complexity index is 1090. The molecule has 0 atom stereocenters. The summed E-state index contributed by atoms with van der Waals surface area (Å²) >= 11 is 3.30. The van der Waals surface area contributed by atoms with Crippen LogP contribution in [0.25, 0.3) is 0 Å². The van der Waals surface area contributed by atoms with Gasteiger partial charge >= 0.3 is 0 Å². The second-order valence-corrected chi connectivity index (χ2v) is 10.0.